The maximum Gasteiger partial charge on any atom is 0.323 e. The molecule has 2 aromatic rings. The van der Waals surface area contributed by atoms with Crippen LogP contribution in [0.3, 0.4) is 0 Å². The minimum Gasteiger partial charge on any atom is -0.480 e. The molecule has 0 aliphatic heterocycles. The molecule has 0 saturated heterocycles. The molecule has 0 fully saturated rings. The highest BCUT2D eigenvalue weighted by atomic mass is 16.6. The third kappa shape index (κ3) is 3.07. The van der Waals surface area contributed by atoms with E-state index in [0.717, 1.165) is 6.42 Å². The quantitative estimate of drug-likeness (QED) is 0.648. The van der Waals surface area contributed by atoms with Crippen LogP contribution in [0.25, 0.3) is 10.9 Å². The van der Waals surface area contributed by atoms with Crippen molar-refractivity contribution >= 4 is 28.2 Å². The van der Waals surface area contributed by atoms with E-state index in [-0.39, 0.29) is 17.7 Å². The predicted molar refractivity (Wildman–Crippen MR) is 78.5 cm³/mol. The van der Waals surface area contributed by atoms with Crippen molar-refractivity contribution in [1.29, 1.82) is 0 Å². The summed E-state index contributed by atoms with van der Waals surface area (Å²) >= 11 is 0. The first-order chi connectivity index (χ1) is 10.0. The Hall–Kier alpha value is -2.70. The number of non-ortho nitro benzene ring substituents is 1. The zero-order chi connectivity index (χ0) is 15.4. The maximum absolute atomic E-state index is 11.1. The molecule has 110 valence electrons. The minimum absolute atomic E-state index is 0.0823. The van der Waals surface area contributed by atoms with Gasteiger partial charge in [0.15, 0.2) is 0 Å². The fourth-order valence-electron chi connectivity index (χ4n) is 2.29. The number of pyridine rings is 1. The molecule has 0 aliphatic rings. The minimum atomic E-state index is -0.946. The summed E-state index contributed by atoms with van der Waals surface area (Å²) in [5.41, 5.74) is 0.834. The van der Waals surface area contributed by atoms with Crippen molar-refractivity contribution in [3.05, 3.63) is 40.6 Å². The number of carbonyl (C=O) groups is 1. The first-order valence-corrected chi connectivity index (χ1v) is 6.53. The SMILES string of the molecule is CCCN(CC(=O)O)c1ccnc2c([N+](=O)[O-])cccc12. The monoisotopic (exact) mass is 289 g/mol. The number of nitrogens with zero attached hydrogens (tertiary/aromatic N) is 3. The number of aromatic nitrogens is 1. The van der Waals surface area contributed by atoms with E-state index in [4.69, 9.17) is 5.11 Å². The Balaban J connectivity index is 2.60. The van der Waals surface area contributed by atoms with Gasteiger partial charge < -0.3 is 10.0 Å². The molecule has 0 spiro atoms. The first-order valence-electron chi connectivity index (χ1n) is 6.53. The lowest BCUT2D eigenvalue weighted by Crippen LogP contribution is -2.30. The third-order valence-corrected chi connectivity index (χ3v) is 3.08. The number of carboxylic acid groups (broad SMARTS) is 1. The molecule has 0 amide bonds. The van der Waals surface area contributed by atoms with Crippen LogP contribution >= 0.6 is 0 Å². The molecule has 0 bridgehead atoms. The van der Waals surface area contributed by atoms with Crippen LogP contribution in [-0.2, 0) is 4.79 Å². The van der Waals surface area contributed by atoms with Gasteiger partial charge in [-0.1, -0.05) is 19.1 Å². The van der Waals surface area contributed by atoms with E-state index in [1.165, 1.54) is 12.3 Å². The number of anilines is 1. The highest BCUT2D eigenvalue weighted by Gasteiger charge is 2.18. The second-order valence-electron chi connectivity index (χ2n) is 4.58. The van der Waals surface area contributed by atoms with Gasteiger partial charge in [0.05, 0.1) is 4.92 Å². The van der Waals surface area contributed by atoms with E-state index in [2.05, 4.69) is 4.98 Å². The number of fused-ring (bicyclic) bond motifs is 1. The number of aliphatic carboxylic acids is 1. The van der Waals surface area contributed by atoms with Gasteiger partial charge in [0.25, 0.3) is 5.69 Å². The number of carboxylic acids is 1. The Bertz CT molecular complexity index is 687. The zero-order valence-electron chi connectivity index (χ0n) is 11.5. The molecule has 2 rings (SSSR count). The van der Waals surface area contributed by atoms with Gasteiger partial charge in [-0.2, -0.15) is 0 Å². The van der Waals surface area contributed by atoms with Gasteiger partial charge in [-0.15, -0.1) is 0 Å². The highest BCUT2D eigenvalue weighted by molar-refractivity contribution is 5.97. The number of rotatable bonds is 6. The Labute approximate surface area is 121 Å². The average Bonchev–Trinajstić information content (AvgIpc) is 2.45. The summed E-state index contributed by atoms with van der Waals surface area (Å²) in [6.07, 6.45) is 2.24. The lowest BCUT2D eigenvalue weighted by Gasteiger charge is -2.23. The molecule has 7 nitrogen and oxygen atoms in total. The molecule has 1 aromatic carbocycles. The van der Waals surface area contributed by atoms with Gasteiger partial charge in [0, 0.05) is 29.9 Å². The van der Waals surface area contributed by atoms with Crippen LogP contribution in [0.4, 0.5) is 11.4 Å². The second kappa shape index (κ2) is 6.17. The number of nitro groups is 1. The summed E-state index contributed by atoms with van der Waals surface area (Å²) in [7, 11) is 0. The molecule has 1 aromatic heterocycles. The molecule has 0 radical (unpaired) electrons. The van der Waals surface area contributed by atoms with E-state index in [1.54, 1.807) is 23.1 Å². The Kier molecular flexibility index (Phi) is 4.32. The fourth-order valence-corrected chi connectivity index (χ4v) is 2.29. The Morgan fingerprint density at radius 3 is 2.81 bits per heavy atom. The maximum atomic E-state index is 11.1. The summed E-state index contributed by atoms with van der Waals surface area (Å²) in [5, 5.41) is 20.7. The summed E-state index contributed by atoms with van der Waals surface area (Å²) < 4.78 is 0. The Morgan fingerprint density at radius 1 is 1.43 bits per heavy atom. The second-order valence-corrected chi connectivity index (χ2v) is 4.58. The van der Waals surface area contributed by atoms with Crippen molar-refractivity contribution in [1.82, 2.24) is 4.98 Å². The molecule has 21 heavy (non-hydrogen) atoms. The summed E-state index contributed by atoms with van der Waals surface area (Å²) in [6.45, 7) is 2.34. The van der Waals surface area contributed by atoms with Crippen molar-refractivity contribution in [2.24, 2.45) is 0 Å². The number of para-hydroxylation sites is 1. The number of nitro benzene ring substituents is 1. The molecule has 0 unspecified atom stereocenters. The molecule has 7 heteroatoms. The standard InChI is InChI=1S/C14H15N3O4/c1-2-8-16(9-13(18)19)11-6-7-15-14-10(11)4-3-5-12(14)17(20)21/h3-7H,2,8-9H2,1H3,(H,18,19). The van der Waals surface area contributed by atoms with Crippen molar-refractivity contribution in [3.8, 4) is 0 Å². The van der Waals surface area contributed by atoms with E-state index >= 15 is 0 Å². The molecule has 0 atom stereocenters. The molecule has 1 N–H and O–H groups in total. The fraction of sp³-hybridized carbons (Fsp3) is 0.286. The molecule has 0 aliphatic carbocycles. The number of hydrogen-bond acceptors (Lipinski definition) is 5. The lowest BCUT2D eigenvalue weighted by atomic mass is 10.1. The Morgan fingerprint density at radius 2 is 2.19 bits per heavy atom. The topological polar surface area (TPSA) is 96.6 Å². The van der Waals surface area contributed by atoms with E-state index in [9.17, 15) is 14.9 Å². The molecule has 0 saturated carbocycles. The van der Waals surface area contributed by atoms with Gasteiger partial charge >= 0.3 is 5.97 Å². The van der Waals surface area contributed by atoms with E-state index < -0.39 is 10.9 Å². The van der Waals surface area contributed by atoms with Crippen LogP contribution in [0, 0.1) is 10.1 Å². The molecular formula is C14H15N3O4. The van der Waals surface area contributed by atoms with Gasteiger partial charge in [0.1, 0.15) is 12.1 Å². The lowest BCUT2D eigenvalue weighted by molar-refractivity contribution is -0.383. The summed E-state index contributed by atoms with van der Waals surface area (Å²) in [6, 6.07) is 6.37. The van der Waals surface area contributed by atoms with Crippen LogP contribution in [0.5, 0.6) is 0 Å². The van der Waals surface area contributed by atoms with Gasteiger partial charge in [-0.05, 0) is 12.5 Å². The molecule has 1 heterocycles. The van der Waals surface area contributed by atoms with Crippen LogP contribution in [-0.4, -0.2) is 34.1 Å². The van der Waals surface area contributed by atoms with Gasteiger partial charge in [-0.3, -0.25) is 14.9 Å². The van der Waals surface area contributed by atoms with Crippen molar-refractivity contribution in [2.75, 3.05) is 18.0 Å². The van der Waals surface area contributed by atoms with Crippen molar-refractivity contribution in [2.45, 2.75) is 13.3 Å². The van der Waals surface area contributed by atoms with Crippen molar-refractivity contribution in [3.63, 3.8) is 0 Å². The van der Waals surface area contributed by atoms with Crippen LogP contribution in [0.15, 0.2) is 30.5 Å². The van der Waals surface area contributed by atoms with E-state index in [1.807, 2.05) is 6.92 Å². The smallest absolute Gasteiger partial charge is 0.323 e. The largest absolute Gasteiger partial charge is 0.480 e. The normalized spacial score (nSPS) is 10.5. The van der Waals surface area contributed by atoms with Crippen LogP contribution in [0.2, 0.25) is 0 Å². The predicted octanol–water partition coefficient (Wildman–Crippen LogP) is 2.44. The first kappa shape index (κ1) is 14.7. The third-order valence-electron chi connectivity index (χ3n) is 3.08. The number of hydrogen-bond donors (Lipinski definition) is 1. The van der Waals surface area contributed by atoms with Gasteiger partial charge in [-0.25, -0.2) is 4.98 Å². The number of benzene rings is 1. The summed E-state index contributed by atoms with van der Waals surface area (Å²) in [4.78, 5) is 27.3. The molecular weight excluding hydrogens is 274 g/mol. The van der Waals surface area contributed by atoms with Crippen molar-refractivity contribution < 1.29 is 14.8 Å². The van der Waals surface area contributed by atoms with E-state index in [0.29, 0.717) is 17.6 Å². The highest BCUT2D eigenvalue weighted by Crippen LogP contribution is 2.30. The average molecular weight is 289 g/mol. The van der Waals surface area contributed by atoms with Gasteiger partial charge in [0.2, 0.25) is 0 Å². The van der Waals surface area contributed by atoms with Crippen LogP contribution < -0.4 is 4.90 Å². The van der Waals surface area contributed by atoms with Crippen LogP contribution in [0.1, 0.15) is 13.3 Å². The summed E-state index contributed by atoms with van der Waals surface area (Å²) in [5.74, 6) is -0.946. The zero-order valence-corrected chi connectivity index (χ0v) is 11.5.